The van der Waals surface area contributed by atoms with Crippen LogP contribution in [0, 0.1) is 5.92 Å². The van der Waals surface area contributed by atoms with Crippen molar-refractivity contribution in [2.45, 2.75) is 64.8 Å². The van der Waals surface area contributed by atoms with Crippen molar-refractivity contribution in [1.29, 1.82) is 0 Å². The highest BCUT2D eigenvalue weighted by Gasteiger charge is 2.28. The Hall–Kier alpha value is -0.160. The fourth-order valence-corrected chi connectivity index (χ4v) is 2.21. The predicted molar refractivity (Wildman–Crippen MR) is 67.0 cm³/mol. The summed E-state index contributed by atoms with van der Waals surface area (Å²) < 4.78 is 0. The third-order valence-corrected chi connectivity index (χ3v) is 2.87. The molecule has 0 aliphatic heterocycles. The molecule has 0 rings (SSSR count). The zero-order chi connectivity index (χ0) is 12.8. The minimum Gasteiger partial charge on any atom is -0.393 e. The lowest BCUT2D eigenvalue weighted by Crippen LogP contribution is -2.45. The van der Waals surface area contributed by atoms with Gasteiger partial charge in [-0.05, 0) is 45.6 Å². The lowest BCUT2D eigenvalue weighted by Gasteiger charge is -2.32. The second-order valence-corrected chi connectivity index (χ2v) is 5.08. The topological polar surface area (TPSA) is 78.5 Å². The van der Waals surface area contributed by atoms with Gasteiger partial charge in [0.2, 0.25) is 0 Å². The molecule has 0 spiro atoms. The van der Waals surface area contributed by atoms with Crippen LogP contribution in [0.1, 0.15) is 47.0 Å². The quantitative estimate of drug-likeness (QED) is 0.467. The van der Waals surface area contributed by atoms with Crippen molar-refractivity contribution in [2.24, 2.45) is 11.7 Å². The molecule has 0 saturated heterocycles. The van der Waals surface area contributed by atoms with Gasteiger partial charge in [-0.1, -0.05) is 13.8 Å². The van der Waals surface area contributed by atoms with Crippen molar-refractivity contribution in [3.63, 3.8) is 0 Å². The molecule has 0 amide bonds. The number of aliphatic hydroxyl groups is 2. The Bertz CT molecular complexity index is 184. The smallest absolute Gasteiger partial charge is 0.107 e. The van der Waals surface area contributed by atoms with Gasteiger partial charge in [-0.15, -0.1) is 0 Å². The van der Waals surface area contributed by atoms with Gasteiger partial charge in [-0.25, -0.2) is 0 Å². The van der Waals surface area contributed by atoms with Crippen LogP contribution in [0.3, 0.4) is 0 Å². The van der Waals surface area contributed by atoms with Crippen LogP contribution >= 0.6 is 0 Å². The molecule has 5 N–H and O–H groups in total. The molecule has 0 heterocycles. The zero-order valence-corrected chi connectivity index (χ0v) is 11.0. The van der Waals surface area contributed by atoms with Gasteiger partial charge in [0.25, 0.3) is 0 Å². The number of nitrogens with two attached hydrogens (primary N) is 1. The lowest BCUT2D eigenvalue weighted by molar-refractivity contribution is 0.0506. The van der Waals surface area contributed by atoms with E-state index in [1.54, 1.807) is 6.92 Å². The fourth-order valence-electron chi connectivity index (χ4n) is 2.21. The third kappa shape index (κ3) is 6.43. The second-order valence-electron chi connectivity index (χ2n) is 5.08. The van der Waals surface area contributed by atoms with E-state index in [2.05, 4.69) is 5.32 Å². The van der Waals surface area contributed by atoms with Gasteiger partial charge in [-0.3, -0.25) is 5.32 Å². The minimum atomic E-state index is -0.508. The SMILES string of the molecule is CCNC(O)C(CC)CC(C)(N)CC(C)O. The maximum absolute atomic E-state index is 9.88. The molecule has 0 aliphatic carbocycles. The first-order chi connectivity index (χ1) is 7.32. The van der Waals surface area contributed by atoms with E-state index in [-0.39, 0.29) is 5.92 Å². The molecule has 4 unspecified atom stereocenters. The monoisotopic (exact) mass is 232 g/mol. The van der Waals surface area contributed by atoms with Crippen LogP contribution in [0.2, 0.25) is 0 Å². The minimum absolute atomic E-state index is 0.133. The lowest BCUT2D eigenvalue weighted by atomic mass is 9.83. The van der Waals surface area contributed by atoms with Crippen LogP contribution in [0.15, 0.2) is 0 Å². The Kier molecular flexibility index (Phi) is 7.15. The molecule has 16 heavy (non-hydrogen) atoms. The van der Waals surface area contributed by atoms with Gasteiger partial charge in [0.15, 0.2) is 0 Å². The molecule has 0 aromatic carbocycles. The van der Waals surface area contributed by atoms with Crippen LogP contribution in [0.5, 0.6) is 0 Å². The van der Waals surface area contributed by atoms with Crippen LogP contribution in [-0.2, 0) is 0 Å². The molecule has 0 saturated carbocycles. The maximum Gasteiger partial charge on any atom is 0.107 e. The van der Waals surface area contributed by atoms with Crippen LogP contribution in [0.25, 0.3) is 0 Å². The third-order valence-electron chi connectivity index (χ3n) is 2.87. The van der Waals surface area contributed by atoms with E-state index in [1.807, 2.05) is 20.8 Å². The molecule has 98 valence electrons. The standard InChI is InChI=1S/C12H28N2O2/c1-5-10(11(16)14-6-2)8-12(4,13)7-9(3)15/h9-11,14-16H,5-8,13H2,1-4H3. The Morgan fingerprint density at radius 3 is 2.19 bits per heavy atom. The first kappa shape index (κ1) is 15.8. The van der Waals surface area contributed by atoms with Gasteiger partial charge in [0.1, 0.15) is 6.23 Å². The van der Waals surface area contributed by atoms with Crippen LogP contribution in [-0.4, -0.2) is 34.6 Å². The van der Waals surface area contributed by atoms with Crippen LogP contribution < -0.4 is 11.1 Å². The summed E-state index contributed by atoms with van der Waals surface area (Å²) in [5.74, 6) is 0.133. The number of nitrogens with one attached hydrogen (secondary N) is 1. The molecule has 0 bridgehead atoms. The fraction of sp³-hybridized carbons (Fsp3) is 1.00. The number of hydrogen-bond donors (Lipinski definition) is 4. The van der Waals surface area contributed by atoms with Crippen molar-refractivity contribution in [3.05, 3.63) is 0 Å². The average Bonchev–Trinajstić information content (AvgIpc) is 2.12. The first-order valence-electron chi connectivity index (χ1n) is 6.20. The summed E-state index contributed by atoms with van der Waals surface area (Å²) in [4.78, 5) is 0. The van der Waals surface area contributed by atoms with Gasteiger partial charge in [0.05, 0.1) is 6.10 Å². The van der Waals surface area contributed by atoms with E-state index >= 15 is 0 Å². The van der Waals surface area contributed by atoms with Gasteiger partial charge < -0.3 is 15.9 Å². The predicted octanol–water partition coefficient (Wildman–Crippen LogP) is 0.819. The Labute approximate surface area is 99.2 Å². The Morgan fingerprint density at radius 2 is 1.81 bits per heavy atom. The highest BCUT2D eigenvalue weighted by Crippen LogP contribution is 2.23. The summed E-state index contributed by atoms with van der Waals surface area (Å²) >= 11 is 0. The molecular formula is C12H28N2O2. The molecule has 0 aliphatic rings. The van der Waals surface area contributed by atoms with E-state index < -0.39 is 17.9 Å². The second kappa shape index (κ2) is 7.22. The normalized spacial score (nSPS) is 21.2. The summed E-state index contributed by atoms with van der Waals surface area (Å²) in [6, 6.07) is 0. The summed E-state index contributed by atoms with van der Waals surface area (Å²) in [6.45, 7) is 8.43. The summed E-state index contributed by atoms with van der Waals surface area (Å²) in [6.07, 6.45) is 1.24. The average molecular weight is 232 g/mol. The molecule has 0 fully saturated rings. The Morgan fingerprint density at radius 1 is 1.25 bits per heavy atom. The number of hydrogen-bond acceptors (Lipinski definition) is 4. The molecule has 4 atom stereocenters. The zero-order valence-electron chi connectivity index (χ0n) is 11.0. The summed E-state index contributed by atoms with van der Waals surface area (Å²) in [5.41, 5.74) is 5.70. The number of rotatable bonds is 8. The van der Waals surface area contributed by atoms with E-state index in [4.69, 9.17) is 5.73 Å². The van der Waals surface area contributed by atoms with Crippen molar-refractivity contribution in [1.82, 2.24) is 5.32 Å². The van der Waals surface area contributed by atoms with E-state index in [0.29, 0.717) is 12.8 Å². The molecule has 0 aromatic heterocycles. The van der Waals surface area contributed by atoms with Crippen molar-refractivity contribution >= 4 is 0 Å². The van der Waals surface area contributed by atoms with Gasteiger partial charge in [0, 0.05) is 5.54 Å². The highest BCUT2D eigenvalue weighted by atomic mass is 16.3. The highest BCUT2D eigenvalue weighted by molar-refractivity contribution is 4.85. The number of aliphatic hydroxyl groups excluding tert-OH is 2. The van der Waals surface area contributed by atoms with Crippen molar-refractivity contribution < 1.29 is 10.2 Å². The molecular weight excluding hydrogens is 204 g/mol. The van der Waals surface area contributed by atoms with Gasteiger partial charge in [-0.2, -0.15) is 0 Å². The van der Waals surface area contributed by atoms with Crippen molar-refractivity contribution in [3.8, 4) is 0 Å². The van der Waals surface area contributed by atoms with Crippen LogP contribution in [0.4, 0.5) is 0 Å². The molecule has 0 radical (unpaired) electrons. The van der Waals surface area contributed by atoms with Crippen molar-refractivity contribution in [2.75, 3.05) is 6.54 Å². The van der Waals surface area contributed by atoms with Gasteiger partial charge >= 0.3 is 0 Å². The van der Waals surface area contributed by atoms with E-state index in [1.165, 1.54) is 0 Å². The molecule has 0 aromatic rings. The first-order valence-corrected chi connectivity index (χ1v) is 6.20. The maximum atomic E-state index is 9.88. The Balaban J connectivity index is 4.28. The summed E-state index contributed by atoms with van der Waals surface area (Å²) in [5, 5.41) is 22.2. The summed E-state index contributed by atoms with van der Waals surface area (Å²) in [7, 11) is 0. The molecule has 4 nitrogen and oxygen atoms in total. The van der Waals surface area contributed by atoms with E-state index in [9.17, 15) is 10.2 Å². The van der Waals surface area contributed by atoms with E-state index in [0.717, 1.165) is 13.0 Å². The largest absolute Gasteiger partial charge is 0.393 e. The molecule has 4 heteroatoms.